The highest BCUT2D eigenvalue weighted by Gasteiger charge is 2.22. The number of carbonyl (C=O) groups is 1. The molecule has 0 aromatic carbocycles. The van der Waals surface area contributed by atoms with E-state index in [0.29, 0.717) is 11.0 Å². The van der Waals surface area contributed by atoms with Crippen LogP contribution in [0.5, 0.6) is 0 Å². The summed E-state index contributed by atoms with van der Waals surface area (Å²) in [6.45, 7) is 6.41. The number of carboxylic acid groups (broad SMARTS) is 1. The Morgan fingerprint density at radius 3 is 2.07 bits per heavy atom. The molecule has 2 N–H and O–H groups in total. The Hall–Kier alpha value is -0.320. The molecule has 0 spiro atoms. The summed E-state index contributed by atoms with van der Waals surface area (Å²) in [4.78, 5) is 10.3. The van der Waals surface area contributed by atoms with E-state index in [1.54, 1.807) is 0 Å². The van der Waals surface area contributed by atoms with Gasteiger partial charge in [0.2, 0.25) is 0 Å². The molecule has 0 bridgehead atoms. The molecular formula is C9H20ClNO3. The number of aliphatic hydroxyl groups is 1. The molecule has 0 saturated carbocycles. The fourth-order valence-electron chi connectivity index (χ4n) is 1.26. The van der Waals surface area contributed by atoms with Crippen LogP contribution in [0.4, 0.5) is 0 Å². The topological polar surface area (TPSA) is 57.5 Å². The highest BCUT2D eigenvalue weighted by Crippen LogP contribution is 2.05. The van der Waals surface area contributed by atoms with Gasteiger partial charge in [-0.2, -0.15) is 0 Å². The number of likely N-dealkylation sites (N-methyl/N-ethyl adjacent to an activating group) is 1. The molecule has 0 aromatic rings. The number of aliphatic hydroxyl groups excluding tert-OH is 1. The van der Waals surface area contributed by atoms with Gasteiger partial charge in [-0.25, -0.2) is 0 Å². The van der Waals surface area contributed by atoms with Crippen LogP contribution in [0.3, 0.4) is 0 Å². The number of aliphatic carboxylic acids is 1. The van der Waals surface area contributed by atoms with E-state index in [1.807, 2.05) is 20.9 Å². The highest BCUT2D eigenvalue weighted by atomic mass is 35.5. The lowest BCUT2D eigenvalue weighted by atomic mass is 10.2. The second kappa shape index (κ2) is 7.04. The second-order valence-electron chi connectivity index (χ2n) is 3.69. The van der Waals surface area contributed by atoms with Crippen LogP contribution in [0.15, 0.2) is 0 Å². The van der Waals surface area contributed by atoms with Gasteiger partial charge in [0.25, 0.3) is 0 Å². The maximum Gasteiger partial charge on any atom is 0.306 e. The van der Waals surface area contributed by atoms with Gasteiger partial charge < -0.3 is 27.1 Å². The van der Waals surface area contributed by atoms with Crippen LogP contribution >= 0.6 is 0 Å². The third kappa shape index (κ3) is 6.18. The van der Waals surface area contributed by atoms with Gasteiger partial charge in [-0.3, -0.25) is 4.79 Å². The van der Waals surface area contributed by atoms with Crippen molar-refractivity contribution < 1.29 is 31.9 Å². The number of carboxylic acids is 1. The molecule has 0 radical (unpaired) electrons. The van der Waals surface area contributed by atoms with Crippen LogP contribution in [0, 0.1) is 0 Å². The van der Waals surface area contributed by atoms with Gasteiger partial charge in [0, 0.05) is 0 Å². The van der Waals surface area contributed by atoms with Crippen LogP contribution in [0.1, 0.15) is 20.3 Å². The van der Waals surface area contributed by atoms with Crippen molar-refractivity contribution in [2.24, 2.45) is 0 Å². The molecule has 0 heterocycles. The predicted molar refractivity (Wildman–Crippen MR) is 50.4 cm³/mol. The van der Waals surface area contributed by atoms with E-state index in [0.717, 1.165) is 13.1 Å². The van der Waals surface area contributed by atoms with Crippen LogP contribution in [0.2, 0.25) is 0 Å². The Bertz CT molecular complexity index is 171. The Morgan fingerprint density at radius 2 is 1.79 bits per heavy atom. The fraction of sp³-hybridized carbons (Fsp3) is 0.889. The zero-order chi connectivity index (χ0) is 10.5. The fourth-order valence-corrected chi connectivity index (χ4v) is 1.26. The first-order chi connectivity index (χ1) is 5.93. The standard InChI is InChI=1S/C9H19NO3.ClH/c1-4-10(3,5-2)7-8(11)6-9(12)13;/h8,11H,4-7H2,1-3H3;1H. The van der Waals surface area contributed by atoms with Crippen molar-refractivity contribution in [3.63, 3.8) is 0 Å². The Balaban J connectivity index is 0. The van der Waals surface area contributed by atoms with E-state index < -0.39 is 12.1 Å². The minimum Gasteiger partial charge on any atom is -1.00 e. The molecule has 0 saturated heterocycles. The van der Waals surface area contributed by atoms with Gasteiger partial charge in [0.15, 0.2) is 0 Å². The van der Waals surface area contributed by atoms with Crippen LogP contribution < -0.4 is 12.4 Å². The van der Waals surface area contributed by atoms with Gasteiger partial charge in [-0.15, -0.1) is 0 Å². The maximum absolute atomic E-state index is 10.3. The van der Waals surface area contributed by atoms with Gasteiger partial charge in [0.05, 0.1) is 26.6 Å². The molecule has 1 atom stereocenters. The summed E-state index contributed by atoms with van der Waals surface area (Å²) >= 11 is 0. The van der Waals surface area contributed by atoms with Crippen LogP contribution in [0.25, 0.3) is 0 Å². The van der Waals surface area contributed by atoms with Crippen molar-refractivity contribution in [2.45, 2.75) is 26.4 Å². The first-order valence-corrected chi connectivity index (χ1v) is 4.67. The summed E-state index contributed by atoms with van der Waals surface area (Å²) in [7, 11) is 2.02. The summed E-state index contributed by atoms with van der Waals surface area (Å²) in [6, 6.07) is 0. The normalized spacial score (nSPS) is 13.1. The molecule has 0 aliphatic heterocycles. The number of rotatable bonds is 6. The van der Waals surface area contributed by atoms with E-state index in [-0.39, 0.29) is 18.8 Å². The van der Waals surface area contributed by atoms with Crippen molar-refractivity contribution in [3.05, 3.63) is 0 Å². The third-order valence-electron chi connectivity index (χ3n) is 2.59. The summed E-state index contributed by atoms with van der Waals surface area (Å²) < 4.78 is 0.717. The first-order valence-electron chi connectivity index (χ1n) is 4.67. The van der Waals surface area contributed by atoms with Crippen molar-refractivity contribution in [1.29, 1.82) is 0 Å². The summed E-state index contributed by atoms with van der Waals surface area (Å²) in [5, 5.41) is 17.9. The first kappa shape index (κ1) is 16.1. The third-order valence-corrected chi connectivity index (χ3v) is 2.59. The molecule has 86 valence electrons. The van der Waals surface area contributed by atoms with Gasteiger partial charge in [-0.05, 0) is 13.8 Å². The molecule has 1 unspecified atom stereocenters. The minimum atomic E-state index is -0.939. The van der Waals surface area contributed by atoms with Crippen molar-refractivity contribution >= 4 is 5.97 Å². The molecule has 0 amide bonds. The summed E-state index contributed by atoms with van der Waals surface area (Å²) in [5.41, 5.74) is 0. The molecule has 0 fully saturated rings. The number of nitrogens with zero attached hydrogens (tertiary/aromatic N) is 1. The lowest BCUT2D eigenvalue weighted by Crippen LogP contribution is -3.00. The van der Waals surface area contributed by atoms with Crippen LogP contribution in [-0.4, -0.2) is 53.5 Å². The zero-order valence-corrected chi connectivity index (χ0v) is 9.79. The molecule has 0 aliphatic carbocycles. The molecule has 5 heteroatoms. The van der Waals surface area contributed by atoms with Gasteiger partial charge in [-0.1, -0.05) is 0 Å². The van der Waals surface area contributed by atoms with Crippen molar-refractivity contribution in [3.8, 4) is 0 Å². The monoisotopic (exact) mass is 225 g/mol. The average molecular weight is 226 g/mol. The van der Waals surface area contributed by atoms with E-state index in [9.17, 15) is 9.90 Å². The SMILES string of the molecule is CC[N+](C)(CC)CC(O)CC(=O)O.[Cl-]. The summed E-state index contributed by atoms with van der Waals surface area (Å²) in [5.74, 6) is -0.939. The van der Waals surface area contributed by atoms with Gasteiger partial charge >= 0.3 is 5.97 Å². The second-order valence-corrected chi connectivity index (χ2v) is 3.69. The minimum absolute atomic E-state index is 0. The molecule has 0 aliphatic rings. The van der Waals surface area contributed by atoms with E-state index in [1.165, 1.54) is 0 Å². The quantitative estimate of drug-likeness (QED) is 0.485. The number of hydrogen-bond donors (Lipinski definition) is 2. The Morgan fingerprint density at radius 1 is 1.36 bits per heavy atom. The Kier molecular flexibility index (Phi) is 8.10. The maximum atomic E-state index is 10.3. The molecule has 0 aromatic heterocycles. The zero-order valence-electron chi connectivity index (χ0n) is 9.03. The largest absolute Gasteiger partial charge is 1.00 e. The van der Waals surface area contributed by atoms with E-state index >= 15 is 0 Å². The van der Waals surface area contributed by atoms with E-state index in [4.69, 9.17) is 5.11 Å². The lowest BCUT2D eigenvalue weighted by molar-refractivity contribution is -0.909. The van der Waals surface area contributed by atoms with Crippen molar-refractivity contribution in [1.82, 2.24) is 0 Å². The Labute approximate surface area is 91.5 Å². The average Bonchev–Trinajstić information content (AvgIpc) is 2.02. The molecule has 14 heavy (non-hydrogen) atoms. The molecular weight excluding hydrogens is 206 g/mol. The molecule has 4 nitrogen and oxygen atoms in total. The molecule has 0 rings (SSSR count). The summed E-state index contributed by atoms with van der Waals surface area (Å²) in [6.07, 6.45) is -0.893. The number of quaternary nitrogens is 1. The van der Waals surface area contributed by atoms with Gasteiger partial charge in [0.1, 0.15) is 12.6 Å². The highest BCUT2D eigenvalue weighted by molar-refractivity contribution is 5.67. The number of hydrogen-bond acceptors (Lipinski definition) is 2. The number of halogens is 1. The van der Waals surface area contributed by atoms with E-state index in [2.05, 4.69) is 0 Å². The lowest BCUT2D eigenvalue weighted by Gasteiger charge is -2.33. The predicted octanol–water partition coefficient (Wildman–Crippen LogP) is -2.69. The smallest absolute Gasteiger partial charge is 0.306 e. The van der Waals surface area contributed by atoms with Crippen LogP contribution in [-0.2, 0) is 4.79 Å². The van der Waals surface area contributed by atoms with Crippen molar-refractivity contribution in [2.75, 3.05) is 26.7 Å².